The highest BCUT2D eigenvalue weighted by Crippen LogP contribution is 2.31. The minimum Gasteiger partial charge on any atom is -0.491 e. The average molecular weight is 517 g/mol. The van der Waals surface area contributed by atoms with E-state index in [1.54, 1.807) is 38.3 Å². The molecular formula is C29H44N2O6. The maximum absolute atomic E-state index is 13.7. The third kappa shape index (κ3) is 9.41. The molecule has 2 aromatic rings. The lowest BCUT2D eigenvalue weighted by Gasteiger charge is -2.26. The van der Waals surface area contributed by atoms with E-state index in [2.05, 4.69) is 33.0 Å². The Morgan fingerprint density at radius 2 is 1.73 bits per heavy atom. The van der Waals surface area contributed by atoms with Crippen molar-refractivity contribution >= 4 is 22.8 Å². The second-order valence-electron chi connectivity index (χ2n) is 11.5. The molecule has 0 aliphatic rings. The van der Waals surface area contributed by atoms with E-state index >= 15 is 0 Å². The van der Waals surface area contributed by atoms with Crippen LogP contribution in [0.1, 0.15) is 85.9 Å². The number of pyridine rings is 1. The highest BCUT2D eigenvalue weighted by molar-refractivity contribution is 5.89. The Kier molecular flexibility index (Phi) is 10.6. The van der Waals surface area contributed by atoms with Gasteiger partial charge in [-0.1, -0.05) is 40.2 Å². The first-order valence-corrected chi connectivity index (χ1v) is 13.2. The van der Waals surface area contributed by atoms with Crippen molar-refractivity contribution < 1.29 is 23.8 Å². The lowest BCUT2D eigenvalue weighted by molar-refractivity contribution is -0.143. The first-order chi connectivity index (χ1) is 17.3. The van der Waals surface area contributed by atoms with E-state index in [0.29, 0.717) is 48.4 Å². The molecule has 0 bridgehead atoms. The molecule has 0 fully saturated rings. The molecule has 0 atom stereocenters. The Bertz CT molecular complexity index is 1140. The second-order valence-corrected chi connectivity index (χ2v) is 11.5. The van der Waals surface area contributed by atoms with Gasteiger partial charge in [-0.2, -0.15) is 0 Å². The van der Waals surface area contributed by atoms with Crippen molar-refractivity contribution in [2.45, 2.75) is 99.8 Å². The summed E-state index contributed by atoms with van der Waals surface area (Å²) in [6.45, 7) is 16.8. The number of rotatable bonds is 11. The summed E-state index contributed by atoms with van der Waals surface area (Å²) < 4.78 is 18.5. The zero-order valence-electron chi connectivity index (χ0n) is 23.8. The number of carbonyl (C=O) groups is 2. The van der Waals surface area contributed by atoms with Crippen LogP contribution >= 0.6 is 0 Å². The van der Waals surface area contributed by atoms with E-state index in [-0.39, 0.29) is 29.9 Å². The van der Waals surface area contributed by atoms with Gasteiger partial charge in [-0.25, -0.2) is 4.79 Å². The van der Waals surface area contributed by atoms with Crippen LogP contribution in [0.4, 0.5) is 4.79 Å². The van der Waals surface area contributed by atoms with Gasteiger partial charge in [0.15, 0.2) is 0 Å². The second kappa shape index (κ2) is 13.0. The molecule has 1 aromatic heterocycles. The Morgan fingerprint density at radius 3 is 2.32 bits per heavy atom. The molecule has 0 aliphatic carbocycles. The smallest absolute Gasteiger partial charge is 0.407 e. The number of benzene rings is 1. The summed E-state index contributed by atoms with van der Waals surface area (Å²) in [5.74, 6) is 0.311. The van der Waals surface area contributed by atoms with Crippen LogP contribution < -0.4 is 15.6 Å². The molecule has 2 rings (SSSR count). The minimum atomic E-state index is -0.646. The lowest BCUT2D eigenvalue weighted by atomic mass is 9.95. The zero-order valence-corrected chi connectivity index (χ0v) is 23.8. The largest absolute Gasteiger partial charge is 0.491 e. The van der Waals surface area contributed by atoms with E-state index in [9.17, 15) is 14.4 Å². The number of alkyl carbamates (subject to hydrolysis) is 1. The van der Waals surface area contributed by atoms with Crippen molar-refractivity contribution in [3.63, 3.8) is 0 Å². The number of hydrogen-bond acceptors (Lipinski definition) is 6. The number of amides is 1. The maximum atomic E-state index is 13.7. The van der Waals surface area contributed by atoms with Gasteiger partial charge in [-0.3, -0.25) is 9.59 Å². The van der Waals surface area contributed by atoms with E-state index in [0.717, 1.165) is 18.4 Å². The summed E-state index contributed by atoms with van der Waals surface area (Å²) in [4.78, 5) is 38.1. The first-order valence-electron chi connectivity index (χ1n) is 13.2. The molecule has 1 N–H and O–H groups in total. The molecule has 1 heterocycles. The zero-order chi connectivity index (χ0) is 27.8. The van der Waals surface area contributed by atoms with Gasteiger partial charge in [0.1, 0.15) is 11.4 Å². The summed E-state index contributed by atoms with van der Waals surface area (Å²) >= 11 is 0. The molecule has 0 aliphatic heterocycles. The molecule has 0 saturated carbocycles. The molecule has 8 heteroatoms. The first kappa shape index (κ1) is 30.2. The van der Waals surface area contributed by atoms with Gasteiger partial charge in [0, 0.05) is 18.4 Å². The molecule has 0 unspecified atom stereocenters. The van der Waals surface area contributed by atoms with Crippen molar-refractivity contribution in [2.24, 2.45) is 5.41 Å². The standard InChI is InChI=1S/C29H44N2O6/c1-9-11-16-36-25-22-17-20(13-15-24(32)35-10-2)12-14-21(22)26(33)31(19-28(3,4)5)23(25)18-30-27(34)37-29(6,7)8/h12,14,17H,9-11,13,15-16,18-19H2,1-8H3,(H,30,34). The van der Waals surface area contributed by atoms with Gasteiger partial charge >= 0.3 is 12.1 Å². The van der Waals surface area contributed by atoms with Crippen LogP contribution in [0.25, 0.3) is 10.8 Å². The molecule has 0 saturated heterocycles. The average Bonchev–Trinajstić information content (AvgIpc) is 2.78. The van der Waals surface area contributed by atoms with Crippen LogP contribution in [0.5, 0.6) is 5.75 Å². The number of fused-ring (bicyclic) bond motifs is 1. The van der Waals surface area contributed by atoms with Gasteiger partial charge in [-0.05, 0) is 63.6 Å². The Balaban J connectivity index is 2.64. The van der Waals surface area contributed by atoms with Gasteiger partial charge < -0.3 is 24.1 Å². The van der Waals surface area contributed by atoms with Crippen molar-refractivity contribution in [2.75, 3.05) is 13.2 Å². The number of nitrogens with zero attached hydrogens (tertiary/aromatic N) is 1. The van der Waals surface area contributed by atoms with E-state index in [4.69, 9.17) is 14.2 Å². The van der Waals surface area contributed by atoms with Crippen molar-refractivity contribution in [3.8, 4) is 5.75 Å². The predicted molar refractivity (Wildman–Crippen MR) is 146 cm³/mol. The minimum absolute atomic E-state index is 0.0741. The van der Waals surface area contributed by atoms with Gasteiger partial charge in [0.2, 0.25) is 0 Å². The third-order valence-electron chi connectivity index (χ3n) is 5.49. The van der Waals surface area contributed by atoms with Crippen LogP contribution in [0, 0.1) is 5.41 Å². The molecule has 8 nitrogen and oxygen atoms in total. The summed E-state index contributed by atoms with van der Waals surface area (Å²) in [6.07, 6.45) is 1.97. The van der Waals surface area contributed by atoms with Crippen molar-refractivity contribution in [3.05, 3.63) is 39.8 Å². The Labute approximate surface area is 220 Å². The number of hydrogen-bond donors (Lipinski definition) is 1. The molecule has 206 valence electrons. The summed E-state index contributed by atoms with van der Waals surface area (Å²) in [5, 5.41) is 4.02. The molecular weight excluding hydrogens is 472 g/mol. The molecule has 0 radical (unpaired) electrons. The number of aryl methyl sites for hydroxylation is 1. The molecule has 1 amide bonds. The number of esters is 1. The number of carbonyl (C=O) groups excluding carboxylic acids is 2. The molecule has 37 heavy (non-hydrogen) atoms. The van der Waals surface area contributed by atoms with Crippen molar-refractivity contribution in [1.29, 1.82) is 0 Å². The third-order valence-corrected chi connectivity index (χ3v) is 5.49. The topological polar surface area (TPSA) is 95.9 Å². The monoisotopic (exact) mass is 516 g/mol. The Hall–Kier alpha value is -3.03. The fourth-order valence-electron chi connectivity index (χ4n) is 3.91. The maximum Gasteiger partial charge on any atom is 0.407 e. The fraction of sp³-hybridized carbons (Fsp3) is 0.621. The highest BCUT2D eigenvalue weighted by Gasteiger charge is 2.24. The normalized spacial score (nSPS) is 11.9. The fourth-order valence-corrected chi connectivity index (χ4v) is 3.91. The lowest BCUT2D eigenvalue weighted by Crippen LogP contribution is -2.36. The van der Waals surface area contributed by atoms with Crippen molar-refractivity contribution in [1.82, 2.24) is 9.88 Å². The quantitative estimate of drug-likeness (QED) is 0.302. The molecule has 1 aromatic carbocycles. The van der Waals surface area contributed by atoms with Gasteiger partial charge in [0.25, 0.3) is 5.56 Å². The number of nitrogens with one attached hydrogen (secondary N) is 1. The predicted octanol–water partition coefficient (Wildman–Crippen LogP) is 5.75. The summed E-state index contributed by atoms with van der Waals surface area (Å²) in [6, 6.07) is 5.59. The number of aromatic nitrogens is 1. The van der Waals surface area contributed by atoms with E-state index in [1.165, 1.54) is 0 Å². The number of unbranched alkanes of at least 4 members (excludes halogenated alkanes) is 1. The van der Waals surface area contributed by atoms with E-state index < -0.39 is 11.7 Å². The summed E-state index contributed by atoms with van der Waals surface area (Å²) in [7, 11) is 0. The van der Waals surface area contributed by atoms with Gasteiger partial charge in [0.05, 0.1) is 30.8 Å². The van der Waals surface area contributed by atoms with Crippen LogP contribution in [0.15, 0.2) is 23.0 Å². The van der Waals surface area contributed by atoms with E-state index in [1.807, 2.05) is 12.1 Å². The Morgan fingerprint density at radius 1 is 1.03 bits per heavy atom. The van der Waals surface area contributed by atoms with Crippen LogP contribution in [0.3, 0.4) is 0 Å². The van der Waals surface area contributed by atoms with Crippen LogP contribution in [0.2, 0.25) is 0 Å². The van der Waals surface area contributed by atoms with Crippen LogP contribution in [-0.2, 0) is 33.8 Å². The number of ether oxygens (including phenoxy) is 3. The molecule has 0 spiro atoms. The van der Waals surface area contributed by atoms with Gasteiger partial charge in [-0.15, -0.1) is 0 Å². The van der Waals surface area contributed by atoms with Crippen LogP contribution in [-0.4, -0.2) is 35.4 Å². The summed E-state index contributed by atoms with van der Waals surface area (Å²) in [5.41, 5.74) is 0.508. The SMILES string of the molecule is CCCCOc1c(CNC(=O)OC(C)(C)C)n(CC(C)(C)C)c(=O)c2ccc(CCC(=O)OCC)cc12. The highest BCUT2D eigenvalue weighted by atomic mass is 16.6.